The highest BCUT2D eigenvalue weighted by molar-refractivity contribution is 5.34. The van der Waals surface area contributed by atoms with Crippen molar-refractivity contribution in [3.05, 3.63) is 11.3 Å². The van der Waals surface area contributed by atoms with E-state index >= 15 is 0 Å². The third kappa shape index (κ3) is 2.77. The second-order valence-corrected chi connectivity index (χ2v) is 5.62. The predicted octanol–water partition coefficient (Wildman–Crippen LogP) is 1.47. The van der Waals surface area contributed by atoms with Crippen molar-refractivity contribution in [3.63, 3.8) is 0 Å². The first-order chi connectivity index (χ1) is 9.08. The third-order valence-electron chi connectivity index (χ3n) is 4.27. The summed E-state index contributed by atoms with van der Waals surface area (Å²) in [5.41, 5.74) is 8.15. The number of aromatic nitrogens is 2. The minimum absolute atomic E-state index is 0.184. The molecule has 0 aliphatic heterocycles. The molecular weight excluding hydrogens is 240 g/mol. The number of aryl methyl sites for hydroxylation is 2. The first-order valence-electron chi connectivity index (χ1n) is 7.06. The van der Waals surface area contributed by atoms with Gasteiger partial charge in [-0.3, -0.25) is 4.90 Å². The van der Waals surface area contributed by atoms with Gasteiger partial charge in [-0.05, 0) is 32.7 Å². The molecule has 5 heteroatoms. The number of hydrogen-bond donors (Lipinski definition) is 1. The maximum Gasteiger partial charge on any atom is 0.216 e. The zero-order valence-corrected chi connectivity index (χ0v) is 12.5. The highest BCUT2D eigenvalue weighted by Crippen LogP contribution is 2.33. The highest BCUT2D eigenvalue weighted by atomic mass is 16.5. The molecule has 2 rings (SSSR count). The quantitative estimate of drug-likeness (QED) is 0.847. The lowest BCUT2D eigenvalue weighted by Crippen LogP contribution is -2.36. The predicted molar refractivity (Wildman–Crippen MR) is 76.3 cm³/mol. The fourth-order valence-electron chi connectivity index (χ4n) is 3.01. The zero-order valence-electron chi connectivity index (χ0n) is 12.5. The van der Waals surface area contributed by atoms with Crippen molar-refractivity contribution in [1.82, 2.24) is 14.7 Å². The average molecular weight is 266 g/mol. The minimum Gasteiger partial charge on any atom is -0.481 e. The Kier molecular flexibility index (Phi) is 4.47. The lowest BCUT2D eigenvalue weighted by Gasteiger charge is -2.34. The van der Waals surface area contributed by atoms with Crippen LogP contribution in [0.2, 0.25) is 0 Å². The number of ether oxygens (including phenoxy) is 1. The van der Waals surface area contributed by atoms with Crippen LogP contribution < -0.4 is 10.5 Å². The van der Waals surface area contributed by atoms with Crippen LogP contribution in [0.25, 0.3) is 0 Å². The number of nitrogens with zero attached hydrogens (tertiary/aromatic N) is 3. The van der Waals surface area contributed by atoms with Gasteiger partial charge in [0.1, 0.15) is 0 Å². The van der Waals surface area contributed by atoms with Crippen molar-refractivity contribution in [2.24, 2.45) is 18.7 Å². The molecule has 19 heavy (non-hydrogen) atoms. The lowest BCUT2D eigenvalue weighted by molar-refractivity contribution is 0.162. The summed E-state index contributed by atoms with van der Waals surface area (Å²) in [5.74, 6) is 1.66. The Bertz CT molecular complexity index is 425. The van der Waals surface area contributed by atoms with E-state index < -0.39 is 0 Å². The van der Waals surface area contributed by atoms with E-state index in [4.69, 9.17) is 10.5 Å². The molecule has 0 saturated heterocycles. The Morgan fingerprint density at radius 2 is 2.21 bits per heavy atom. The summed E-state index contributed by atoms with van der Waals surface area (Å²) in [6, 6.07) is 0.184. The molecule has 1 atom stereocenters. The van der Waals surface area contributed by atoms with Crippen molar-refractivity contribution >= 4 is 0 Å². The number of hydrogen-bond acceptors (Lipinski definition) is 4. The average Bonchev–Trinajstić information content (AvgIpc) is 2.60. The Labute approximate surface area is 115 Å². The van der Waals surface area contributed by atoms with E-state index in [1.54, 1.807) is 11.8 Å². The molecule has 1 saturated carbocycles. The van der Waals surface area contributed by atoms with Gasteiger partial charge in [-0.2, -0.15) is 5.10 Å². The van der Waals surface area contributed by atoms with E-state index in [0.29, 0.717) is 6.54 Å². The molecule has 0 bridgehead atoms. The largest absolute Gasteiger partial charge is 0.481 e. The van der Waals surface area contributed by atoms with Gasteiger partial charge >= 0.3 is 0 Å². The lowest BCUT2D eigenvalue weighted by atomic mass is 9.85. The van der Waals surface area contributed by atoms with E-state index in [1.165, 1.54) is 19.3 Å². The molecule has 1 aliphatic rings. The maximum atomic E-state index is 6.01. The van der Waals surface area contributed by atoms with Crippen molar-refractivity contribution in [1.29, 1.82) is 0 Å². The Hall–Kier alpha value is -1.07. The van der Waals surface area contributed by atoms with Gasteiger partial charge in [0.2, 0.25) is 5.88 Å². The van der Waals surface area contributed by atoms with E-state index in [-0.39, 0.29) is 6.04 Å². The van der Waals surface area contributed by atoms with Gasteiger partial charge in [0, 0.05) is 20.1 Å². The SMILES string of the molecule is COc1c(C(CN)N(C)CC2CCC2)c(C)nn1C. The molecule has 2 N–H and O–H groups in total. The second kappa shape index (κ2) is 5.92. The molecule has 1 unspecified atom stereocenters. The van der Waals surface area contributed by atoms with E-state index in [9.17, 15) is 0 Å². The van der Waals surface area contributed by atoms with Gasteiger partial charge in [0.05, 0.1) is 24.4 Å². The van der Waals surface area contributed by atoms with Gasteiger partial charge in [-0.25, -0.2) is 4.68 Å². The molecule has 108 valence electrons. The Balaban J connectivity index is 2.20. The Morgan fingerprint density at radius 3 is 2.68 bits per heavy atom. The molecule has 1 aliphatic carbocycles. The van der Waals surface area contributed by atoms with Gasteiger partial charge < -0.3 is 10.5 Å². The molecule has 1 fully saturated rings. The molecule has 0 spiro atoms. The van der Waals surface area contributed by atoms with Crippen LogP contribution in [0.4, 0.5) is 0 Å². The summed E-state index contributed by atoms with van der Waals surface area (Å²) in [6.45, 7) is 3.73. The maximum absolute atomic E-state index is 6.01. The van der Waals surface area contributed by atoms with Crippen LogP contribution in [-0.2, 0) is 7.05 Å². The summed E-state index contributed by atoms with van der Waals surface area (Å²) in [7, 11) is 5.76. The van der Waals surface area contributed by atoms with Crippen molar-refractivity contribution < 1.29 is 4.74 Å². The molecular formula is C14H26N4O. The highest BCUT2D eigenvalue weighted by Gasteiger charge is 2.28. The van der Waals surface area contributed by atoms with E-state index in [0.717, 1.165) is 29.6 Å². The fourth-order valence-corrected chi connectivity index (χ4v) is 3.01. The molecule has 0 radical (unpaired) electrons. The van der Waals surface area contributed by atoms with Crippen molar-refractivity contribution in [3.8, 4) is 5.88 Å². The molecule has 1 aromatic heterocycles. The zero-order chi connectivity index (χ0) is 14.0. The van der Waals surface area contributed by atoms with Crippen molar-refractivity contribution in [2.75, 3.05) is 27.2 Å². The van der Waals surface area contributed by atoms with Crippen LogP contribution in [0, 0.1) is 12.8 Å². The molecule has 0 aromatic carbocycles. The standard InChI is InChI=1S/C14H26N4O/c1-10-13(14(19-4)18(3)16-10)12(8-15)17(2)9-11-6-5-7-11/h11-12H,5-9,15H2,1-4H3. The number of likely N-dealkylation sites (N-methyl/N-ethyl adjacent to an activating group) is 1. The van der Waals surface area contributed by atoms with E-state index in [1.807, 2.05) is 14.0 Å². The van der Waals surface area contributed by atoms with Gasteiger partial charge in [-0.15, -0.1) is 0 Å². The Morgan fingerprint density at radius 1 is 1.53 bits per heavy atom. The van der Waals surface area contributed by atoms with Crippen molar-refractivity contribution in [2.45, 2.75) is 32.2 Å². The topological polar surface area (TPSA) is 56.3 Å². The monoisotopic (exact) mass is 266 g/mol. The van der Waals surface area contributed by atoms with Crippen LogP contribution in [0.15, 0.2) is 0 Å². The third-order valence-corrected chi connectivity index (χ3v) is 4.27. The van der Waals surface area contributed by atoms with Crippen LogP contribution in [0.3, 0.4) is 0 Å². The number of methoxy groups -OCH3 is 1. The molecule has 5 nitrogen and oxygen atoms in total. The minimum atomic E-state index is 0.184. The van der Waals surface area contributed by atoms with Crippen LogP contribution in [-0.4, -0.2) is 41.9 Å². The van der Waals surface area contributed by atoms with Crippen LogP contribution in [0.1, 0.15) is 36.6 Å². The van der Waals surface area contributed by atoms with Crippen LogP contribution >= 0.6 is 0 Å². The first-order valence-corrected chi connectivity index (χ1v) is 7.06. The van der Waals surface area contributed by atoms with Gasteiger partial charge in [0.15, 0.2) is 0 Å². The number of nitrogens with two attached hydrogens (primary N) is 1. The fraction of sp³-hybridized carbons (Fsp3) is 0.786. The summed E-state index contributed by atoms with van der Waals surface area (Å²) in [4.78, 5) is 2.36. The smallest absolute Gasteiger partial charge is 0.216 e. The first kappa shape index (κ1) is 14.3. The summed E-state index contributed by atoms with van der Waals surface area (Å²) in [5, 5.41) is 4.46. The van der Waals surface area contributed by atoms with Crippen LogP contribution in [0.5, 0.6) is 5.88 Å². The molecule has 0 amide bonds. The van der Waals surface area contributed by atoms with Gasteiger partial charge in [0.25, 0.3) is 0 Å². The molecule has 1 aromatic rings. The molecule has 1 heterocycles. The summed E-state index contributed by atoms with van der Waals surface area (Å²) < 4.78 is 7.29. The number of rotatable bonds is 6. The summed E-state index contributed by atoms with van der Waals surface area (Å²) >= 11 is 0. The van der Waals surface area contributed by atoms with Gasteiger partial charge in [-0.1, -0.05) is 6.42 Å². The van der Waals surface area contributed by atoms with E-state index in [2.05, 4.69) is 17.0 Å². The second-order valence-electron chi connectivity index (χ2n) is 5.62. The summed E-state index contributed by atoms with van der Waals surface area (Å²) in [6.07, 6.45) is 4.08. The normalized spacial score (nSPS) is 17.6.